The van der Waals surface area contributed by atoms with Crippen LogP contribution in [0.25, 0.3) is 0 Å². The molecule has 1 aromatic rings. The molecule has 0 aromatic heterocycles. The van der Waals surface area contributed by atoms with Crippen molar-refractivity contribution in [3.05, 3.63) is 29.8 Å². The average molecular weight is 220 g/mol. The number of aliphatic hydroxyl groups excluding tert-OH is 1. The van der Waals surface area contributed by atoms with Crippen LogP contribution in [0.1, 0.15) is 18.6 Å². The molecular weight excluding hydrogens is 200 g/mol. The SMILES string of the molecule is CC(O)c1ccc(N2CCN(C)CC2)cc1. The number of hydrogen-bond acceptors (Lipinski definition) is 3. The normalized spacial score (nSPS) is 19.8. The zero-order valence-electron chi connectivity index (χ0n) is 10.1. The Hall–Kier alpha value is -1.06. The largest absolute Gasteiger partial charge is 0.389 e. The second-order valence-corrected chi connectivity index (χ2v) is 4.56. The second-order valence-electron chi connectivity index (χ2n) is 4.56. The Morgan fingerprint density at radius 3 is 2.12 bits per heavy atom. The highest BCUT2D eigenvalue weighted by molar-refractivity contribution is 5.48. The summed E-state index contributed by atoms with van der Waals surface area (Å²) in [6.45, 7) is 6.22. The van der Waals surface area contributed by atoms with E-state index in [4.69, 9.17) is 0 Å². The van der Waals surface area contributed by atoms with Crippen LogP contribution in [0.3, 0.4) is 0 Å². The van der Waals surface area contributed by atoms with E-state index in [0.29, 0.717) is 0 Å². The second kappa shape index (κ2) is 4.85. The molecule has 1 aromatic carbocycles. The fourth-order valence-corrected chi connectivity index (χ4v) is 2.03. The van der Waals surface area contributed by atoms with Crippen molar-refractivity contribution >= 4 is 5.69 Å². The van der Waals surface area contributed by atoms with Gasteiger partial charge in [-0.15, -0.1) is 0 Å². The number of piperazine rings is 1. The highest BCUT2D eigenvalue weighted by Gasteiger charge is 2.14. The molecule has 3 heteroatoms. The van der Waals surface area contributed by atoms with Crippen molar-refractivity contribution in [3.8, 4) is 0 Å². The van der Waals surface area contributed by atoms with E-state index in [1.165, 1.54) is 5.69 Å². The molecule has 1 atom stereocenters. The van der Waals surface area contributed by atoms with Gasteiger partial charge in [0.2, 0.25) is 0 Å². The lowest BCUT2D eigenvalue weighted by atomic mass is 10.1. The highest BCUT2D eigenvalue weighted by atomic mass is 16.3. The molecule has 1 N–H and O–H groups in total. The third-order valence-corrected chi connectivity index (χ3v) is 3.24. The minimum Gasteiger partial charge on any atom is -0.389 e. The van der Waals surface area contributed by atoms with Gasteiger partial charge in [-0.3, -0.25) is 0 Å². The Balaban J connectivity index is 2.04. The molecule has 2 rings (SSSR count). The molecule has 1 unspecified atom stereocenters. The van der Waals surface area contributed by atoms with E-state index in [0.717, 1.165) is 31.7 Å². The first kappa shape index (κ1) is 11.4. The third kappa shape index (κ3) is 2.54. The summed E-state index contributed by atoms with van der Waals surface area (Å²) >= 11 is 0. The number of nitrogens with zero attached hydrogens (tertiary/aromatic N) is 2. The number of rotatable bonds is 2. The molecule has 0 spiro atoms. The predicted octanol–water partition coefficient (Wildman–Crippen LogP) is 1.49. The molecule has 3 nitrogen and oxygen atoms in total. The predicted molar refractivity (Wildman–Crippen MR) is 66.8 cm³/mol. The van der Waals surface area contributed by atoms with E-state index in [1.807, 2.05) is 12.1 Å². The van der Waals surface area contributed by atoms with Gasteiger partial charge in [0, 0.05) is 31.9 Å². The lowest BCUT2D eigenvalue weighted by molar-refractivity contribution is 0.199. The van der Waals surface area contributed by atoms with Crippen LogP contribution in [0.5, 0.6) is 0 Å². The molecule has 1 aliphatic rings. The molecule has 0 radical (unpaired) electrons. The first-order valence-electron chi connectivity index (χ1n) is 5.88. The summed E-state index contributed by atoms with van der Waals surface area (Å²) in [5.41, 5.74) is 2.25. The Labute approximate surface area is 97.3 Å². The molecule has 88 valence electrons. The van der Waals surface area contributed by atoms with Crippen molar-refractivity contribution in [1.29, 1.82) is 0 Å². The summed E-state index contributed by atoms with van der Waals surface area (Å²) in [5, 5.41) is 9.44. The van der Waals surface area contributed by atoms with Crippen molar-refractivity contribution in [2.75, 3.05) is 38.1 Å². The molecule has 1 fully saturated rings. The number of likely N-dealkylation sites (N-methyl/N-ethyl adjacent to an activating group) is 1. The number of hydrogen-bond donors (Lipinski definition) is 1. The standard InChI is InChI=1S/C13H20N2O/c1-11(16)12-3-5-13(6-4-12)15-9-7-14(2)8-10-15/h3-6,11,16H,7-10H2,1-2H3. The molecule has 0 saturated carbocycles. The minimum atomic E-state index is -0.374. The summed E-state index contributed by atoms with van der Waals surface area (Å²) in [6, 6.07) is 8.23. The van der Waals surface area contributed by atoms with Gasteiger partial charge in [-0.2, -0.15) is 0 Å². The van der Waals surface area contributed by atoms with Crippen molar-refractivity contribution < 1.29 is 5.11 Å². The zero-order chi connectivity index (χ0) is 11.5. The number of anilines is 1. The maximum absolute atomic E-state index is 9.44. The monoisotopic (exact) mass is 220 g/mol. The van der Waals surface area contributed by atoms with Gasteiger partial charge in [-0.05, 0) is 31.7 Å². The topological polar surface area (TPSA) is 26.7 Å². The van der Waals surface area contributed by atoms with Crippen LogP contribution in [0.2, 0.25) is 0 Å². The van der Waals surface area contributed by atoms with E-state index in [1.54, 1.807) is 6.92 Å². The van der Waals surface area contributed by atoms with Gasteiger partial charge in [0.15, 0.2) is 0 Å². The van der Waals surface area contributed by atoms with Gasteiger partial charge in [0.1, 0.15) is 0 Å². The maximum atomic E-state index is 9.44. The number of aliphatic hydroxyl groups is 1. The summed E-state index contributed by atoms with van der Waals surface area (Å²) in [5.74, 6) is 0. The van der Waals surface area contributed by atoms with E-state index < -0.39 is 0 Å². The van der Waals surface area contributed by atoms with Crippen molar-refractivity contribution in [2.24, 2.45) is 0 Å². The first-order valence-corrected chi connectivity index (χ1v) is 5.88. The van der Waals surface area contributed by atoms with Crippen molar-refractivity contribution in [2.45, 2.75) is 13.0 Å². The summed E-state index contributed by atoms with van der Waals surface area (Å²) in [7, 11) is 2.16. The lowest BCUT2D eigenvalue weighted by Gasteiger charge is -2.34. The molecule has 0 amide bonds. The van der Waals surface area contributed by atoms with Gasteiger partial charge in [0.05, 0.1) is 6.10 Å². The smallest absolute Gasteiger partial charge is 0.0761 e. The Kier molecular flexibility index (Phi) is 3.46. The molecule has 0 aliphatic carbocycles. The summed E-state index contributed by atoms with van der Waals surface area (Å²) < 4.78 is 0. The van der Waals surface area contributed by atoms with Crippen LogP contribution >= 0.6 is 0 Å². The van der Waals surface area contributed by atoms with Gasteiger partial charge in [-0.1, -0.05) is 12.1 Å². The van der Waals surface area contributed by atoms with Crippen LogP contribution in [-0.2, 0) is 0 Å². The van der Waals surface area contributed by atoms with Gasteiger partial charge in [-0.25, -0.2) is 0 Å². The van der Waals surface area contributed by atoms with E-state index >= 15 is 0 Å². The van der Waals surface area contributed by atoms with Gasteiger partial charge < -0.3 is 14.9 Å². The van der Waals surface area contributed by atoms with E-state index in [2.05, 4.69) is 29.0 Å². The Morgan fingerprint density at radius 2 is 1.62 bits per heavy atom. The highest BCUT2D eigenvalue weighted by Crippen LogP contribution is 2.19. The molecule has 1 aliphatic heterocycles. The maximum Gasteiger partial charge on any atom is 0.0761 e. The van der Waals surface area contributed by atoms with Crippen LogP contribution < -0.4 is 4.90 Å². The quantitative estimate of drug-likeness (QED) is 0.818. The summed E-state index contributed by atoms with van der Waals surface area (Å²) in [4.78, 5) is 4.74. The lowest BCUT2D eigenvalue weighted by Crippen LogP contribution is -2.44. The van der Waals surface area contributed by atoms with E-state index in [9.17, 15) is 5.11 Å². The van der Waals surface area contributed by atoms with Gasteiger partial charge in [0.25, 0.3) is 0 Å². The van der Waals surface area contributed by atoms with E-state index in [-0.39, 0.29) is 6.10 Å². The van der Waals surface area contributed by atoms with Crippen LogP contribution in [0.4, 0.5) is 5.69 Å². The first-order chi connectivity index (χ1) is 7.66. The fraction of sp³-hybridized carbons (Fsp3) is 0.538. The summed E-state index contributed by atoms with van der Waals surface area (Å²) in [6.07, 6.45) is -0.374. The van der Waals surface area contributed by atoms with Crippen LogP contribution in [0.15, 0.2) is 24.3 Å². The molecule has 16 heavy (non-hydrogen) atoms. The fourth-order valence-electron chi connectivity index (χ4n) is 2.03. The molecule has 0 bridgehead atoms. The molecular formula is C13H20N2O. The zero-order valence-corrected chi connectivity index (χ0v) is 10.1. The van der Waals surface area contributed by atoms with Crippen LogP contribution in [-0.4, -0.2) is 43.2 Å². The molecule has 1 saturated heterocycles. The van der Waals surface area contributed by atoms with Crippen molar-refractivity contribution in [3.63, 3.8) is 0 Å². The van der Waals surface area contributed by atoms with Crippen LogP contribution in [0, 0.1) is 0 Å². The Bertz CT molecular complexity index is 326. The van der Waals surface area contributed by atoms with Crippen molar-refractivity contribution in [1.82, 2.24) is 4.90 Å². The Morgan fingerprint density at radius 1 is 1.06 bits per heavy atom. The number of benzene rings is 1. The third-order valence-electron chi connectivity index (χ3n) is 3.24. The molecule has 1 heterocycles. The average Bonchev–Trinajstić information content (AvgIpc) is 2.30. The minimum absolute atomic E-state index is 0.374. The van der Waals surface area contributed by atoms with Gasteiger partial charge >= 0.3 is 0 Å².